The predicted molar refractivity (Wildman–Crippen MR) is 110 cm³/mol. The van der Waals surface area contributed by atoms with Crippen LogP contribution >= 0.6 is 0 Å². The molecule has 2 heteroatoms. The summed E-state index contributed by atoms with van der Waals surface area (Å²) in [6.07, 6.45) is 6.28. The second kappa shape index (κ2) is 8.40. The van der Waals surface area contributed by atoms with Gasteiger partial charge in [0, 0.05) is 0 Å². The van der Waals surface area contributed by atoms with E-state index in [0.29, 0.717) is 16.0 Å². The second-order valence-electron chi connectivity index (χ2n) is 8.67. The molecular weight excluding hydrogens is 407 g/mol. The van der Waals surface area contributed by atoms with Gasteiger partial charge in [0.1, 0.15) is 0 Å². The fourth-order valence-corrected chi connectivity index (χ4v) is 5.02. The van der Waals surface area contributed by atoms with Gasteiger partial charge in [-0.2, -0.15) is 0 Å². The maximum atomic E-state index is 11.0. The molecular formula is C25H29OZr. The molecule has 0 heterocycles. The number of hydrogen-bond donors (Lipinski definition) is 0. The van der Waals surface area contributed by atoms with Crippen LogP contribution in [0.4, 0.5) is 0 Å². The number of carbonyl (C=O) groups is 1. The first kappa shape index (κ1) is 20.5. The van der Waals surface area contributed by atoms with Crippen molar-refractivity contribution in [3.05, 3.63) is 64.7 Å². The first-order chi connectivity index (χ1) is 12.8. The molecule has 0 saturated heterocycles. The summed E-state index contributed by atoms with van der Waals surface area (Å²) in [7, 11) is 0. The van der Waals surface area contributed by atoms with Crippen LogP contribution < -0.4 is 0 Å². The van der Waals surface area contributed by atoms with Gasteiger partial charge in [0.05, 0.1) is 0 Å². The Morgan fingerprint density at radius 2 is 1.81 bits per heavy atom. The van der Waals surface area contributed by atoms with Crippen molar-refractivity contribution < 1.29 is 29.5 Å². The van der Waals surface area contributed by atoms with E-state index in [1.54, 1.807) is 0 Å². The van der Waals surface area contributed by atoms with Gasteiger partial charge in [-0.3, -0.25) is 0 Å². The van der Waals surface area contributed by atoms with Gasteiger partial charge in [-0.05, 0) is 0 Å². The monoisotopic (exact) mass is 435 g/mol. The van der Waals surface area contributed by atoms with E-state index in [0.717, 1.165) is 19.1 Å². The zero-order valence-electron chi connectivity index (χ0n) is 16.9. The zero-order valence-corrected chi connectivity index (χ0v) is 19.3. The fourth-order valence-electron chi connectivity index (χ4n) is 3.91. The summed E-state index contributed by atoms with van der Waals surface area (Å²) in [5.41, 5.74) is 8.53. The van der Waals surface area contributed by atoms with E-state index in [1.807, 2.05) is 0 Å². The SMILES string of the molecule is CCC(CC=O)CC1=Cc2c(-c3ccc(C(C)(C)C)cc3)cccc2[CH]1[Zr]. The Labute approximate surface area is 179 Å². The van der Waals surface area contributed by atoms with Crippen LogP contribution in [-0.4, -0.2) is 6.29 Å². The number of aldehydes is 1. The van der Waals surface area contributed by atoms with Gasteiger partial charge >= 0.3 is 180 Å². The number of carbonyl (C=O) groups excluding carboxylic acids is 1. The van der Waals surface area contributed by atoms with Crippen molar-refractivity contribution >= 4 is 12.4 Å². The minimum absolute atomic E-state index is 0.177. The van der Waals surface area contributed by atoms with Crippen molar-refractivity contribution in [3.63, 3.8) is 0 Å². The minimum atomic E-state index is 0.177. The molecule has 0 bridgehead atoms. The number of hydrogen-bond acceptors (Lipinski definition) is 1. The van der Waals surface area contributed by atoms with Crippen LogP contribution in [0, 0.1) is 5.92 Å². The van der Waals surface area contributed by atoms with Crippen LogP contribution in [0.15, 0.2) is 48.0 Å². The topological polar surface area (TPSA) is 17.1 Å². The Kier molecular flexibility index (Phi) is 6.36. The van der Waals surface area contributed by atoms with E-state index >= 15 is 0 Å². The molecule has 0 fully saturated rings. The Morgan fingerprint density at radius 1 is 1.11 bits per heavy atom. The molecule has 0 saturated carbocycles. The third-order valence-electron chi connectivity index (χ3n) is 5.74. The molecule has 0 amide bonds. The molecule has 1 aliphatic carbocycles. The molecule has 2 aromatic rings. The fraction of sp³-hybridized carbons (Fsp3) is 0.400. The molecule has 3 rings (SSSR count). The molecule has 2 unspecified atom stereocenters. The molecule has 0 spiro atoms. The average molecular weight is 437 g/mol. The van der Waals surface area contributed by atoms with E-state index < -0.39 is 0 Å². The van der Waals surface area contributed by atoms with Crippen LogP contribution in [0.5, 0.6) is 0 Å². The Hall–Kier alpha value is -1.27. The third-order valence-corrected chi connectivity index (χ3v) is 7.42. The molecule has 0 N–H and O–H groups in total. The molecule has 1 aliphatic rings. The van der Waals surface area contributed by atoms with Crippen molar-refractivity contribution in [2.75, 3.05) is 0 Å². The molecule has 0 radical (unpaired) electrons. The second-order valence-corrected chi connectivity index (χ2v) is 10.1. The quantitative estimate of drug-likeness (QED) is 0.464. The van der Waals surface area contributed by atoms with Gasteiger partial charge in [-0.1, -0.05) is 0 Å². The van der Waals surface area contributed by atoms with Crippen LogP contribution in [0.1, 0.15) is 67.3 Å². The van der Waals surface area contributed by atoms with Gasteiger partial charge in [0.25, 0.3) is 0 Å². The van der Waals surface area contributed by atoms with Crippen molar-refractivity contribution in [2.24, 2.45) is 5.92 Å². The van der Waals surface area contributed by atoms with Gasteiger partial charge in [0.15, 0.2) is 0 Å². The average Bonchev–Trinajstić information content (AvgIpc) is 2.96. The van der Waals surface area contributed by atoms with Crippen molar-refractivity contribution in [3.8, 4) is 11.1 Å². The molecule has 2 aromatic carbocycles. The van der Waals surface area contributed by atoms with Gasteiger partial charge in [-0.25, -0.2) is 0 Å². The van der Waals surface area contributed by atoms with Crippen molar-refractivity contribution in [1.29, 1.82) is 0 Å². The Balaban J connectivity index is 1.95. The van der Waals surface area contributed by atoms with Crippen molar-refractivity contribution in [2.45, 2.75) is 56.0 Å². The molecule has 0 aliphatic heterocycles. The number of rotatable bonds is 6. The molecule has 0 aromatic heterocycles. The summed E-state index contributed by atoms with van der Waals surface area (Å²) in [5.74, 6) is 0.473. The first-order valence-electron chi connectivity index (χ1n) is 9.94. The van der Waals surface area contributed by atoms with Crippen LogP contribution in [0.25, 0.3) is 17.2 Å². The van der Waals surface area contributed by atoms with Crippen molar-refractivity contribution in [1.82, 2.24) is 0 Å². The summed E-state index contributed by atoms with van der Waals surface area (Å²) < 4.78 is 0.529. The standard InChI is InChI=1S/C25H29O.Zr/c1-5-18(13-14-26)15-19-16-21-7-6-8-23(24(21)17-19)20-9-11-22(12-10-20)25(2,3)4;/h6-12,14,16-18H,5,13,15H2,1-4H3;. The molecule has 1 nitrogen and oxygen atoms in total. The predicted octanol–water partition coefficient (Wildman–Crippen LogP) is 6.64. The van der Waals surface area contributed by atoms with E-state index in [2.05, 4.69) is 76.2 Å². The number of fused-ring (bicyclic) bond motifs is 1. The summed E-state index contributed by atoms with van der Waals surface area (Å²) in [6, 6.07) is 15.8. The Morgan fingerprint density at radius 3 is 2.41 bits per heavy atom. The van der Waals surface area contributed by atoms with Gasteiger partial charge in [-0.15, -0.1) is 0 Å². The van der Waals surface area contributed by atoms with Crippen LogP contribution in [-0.2, 0) is 34.9 Å². The third kappa shape index (κ3) is 4.43. The van der Waals surface area contributed by atoms with E-state index in [4.69, 9.17) is 0 Å². The zero-order chi connectivity index (χ0) is 19.6. The van der Waals surface area contributed by atoms with Crippen LogP contribution in [0.3, 0.4) is 0 Å². The van der Waals surface area contributed by atoms with Gasteiger partial charge < -0.3 is 0 Å². The molecule has 2 atom stereocenters. The Bertz CT molecular complexity index is 840. The van der Waals surface area contributed by atoms with E-state index in [-0.39, 0.29) is 5.41 Å². The van der Waals surface area contributed by atoms with Gasteiger partial charge in [0.2, 0.25) is 0 Å². The maximum absolute atomic E-state index is 11.0. The summed E-state index contributed by atoms with van der Waals surface area (Å²) in [5, 5.41) is 0. The normalized spacial score (nSPS) is 17.3. The summed E-state index contributed by atoms with van der Waals surface area (Å²) in [4.78, 5) is 11.0. The number of benzene rings is 2. The van der Waals surface area contributed by atoms with E-state index in [1.165, 1.54) is 58.1 Å². The molecule has 139 valence electrons. The van der Waals surface area contributed by atoms with Crippen LogP contribution in [0.2, 0.25) is 0 Å². The number of allylic oxidation sites excluding steroid dienone is 1. The summed E-state index contributed by atoms with van der Waals surface area (Å²) in [6.45, 7) is 8.96. The molecule has 27 heavy (non-hydrogen) atoms. The first-order valence-corrected chi connectivity index (χ1v) is 11.4. The summed E-state index contributed by atoms with van der Waals surface area (Å²) >= 11 is 1.54. The van der Waals surface area contributed by atoms with E-state index in [9.17, 15) is 4.79 Å².